The Morgan fingerprint density at radius 3 is 2.67 bits per heavy atom. The van der Waals surface area contributed by atoms with Crippen molar-refractivity contribution in [1.29, 1.82) is 0 Å². The average Bonchev–Trinajstić information content (AvgIpc) is 2.56. The van der Waals surface area contributed by atoms with Crippen molar-refractivity contribution in [3.05, 3.63) is 42.2 Å². The van der Waals surface area contributed by atoms with Gasteiger partial charge in [-0.1, -0.05) is 30.3 Å². The molecule has 0 bridgehead atoms. The van der Waals surface area contributed by atoms with Gasteiger partial charge in [0.25, 0.3) is 0 Å². The number of hydrogen-bond acceptors (Lipinski definition) is 4. The van der Waals surface area contributed by atoms with Crippen LogP contribution in [0.5, 0.6) is 0 Å². The van der Waals surface area contributed by atoms with Gasteiger partial charge in [0.1, 0.15) is 0 Å². The second kappa shape index (κ2) is 6.22. The molecule has 4 nitrogen and oxygen atoms in total. The fourth-order valence-electron chi connectivity index (χ4n) is 2.84. The van der Waals surface area contributed by atoms with E-state index in [4.69, 9.17) is 4.98 Å². The van der Waals surface area contributed by atoms with Crippen LogP contribution >= 0.6 is 0 Å². The van der Waals surface area contributed by atoms with Gasteiger partial charge in [-0.25, -0.2) is 9.97 Å². The van der Waals surface area contributed by atoms with E-state index in [-0.39, 0.29) is 0 Å². The minimum absolute atomic E-state index is 0.468. The predicted molar refractivity (Wildman–Crippen MR) is 86.6 cm³/mol. The molecule has 0 spiro atoms. The number of aromatic nitrogens is 2. The van der Waals surface area contributed by atoms with E-state index in [0.29, 0.717) is 5.92 Å². The van der Waals surface area contributed by atoms with E-state index in [9.17, 15) is 0 Å². The van der Waals surface area contributed by atoms with Crippen molar-refractivity contribution >= 4 is 5.95 Å². The third-order valence-corrected chi connectivity index (χ3v) is 3.97. The first-order valence-corrected chi connectivity index (χ1v) is 7.56. The van der Waals surface area contributed by atoms with Crippen LogP contribution in [0.3, 0.4) is 0 Å². The summed E-state index contributed by atoms with van der Waals surface area (Å²) in [5.74, 6) is 1.26. The summed E-state index contributed by atoms with van der Waals surface area (Å²) in [5, 5.41) is 3.49. The van der Waals surface area contributed by atoms with E-state index < -0.39 is 0 Å². The minimum Gasteiger partial charge on any atom is -0.347 e. The zero-order valence-electron chi connectivity index (χ0n) is 12.7. The molecule has 1 fully saturated rings. The van der Waals surface area contributed by atoms with E-state index in [0.717, 1.165) is 24.6 Å². The van der Waals surface area contributed by atoms with Crippen LogP contribution in [-0.4, -0.2) is 37.2 Å². The van der Waals surface area contributed by atoms with Crippen molar-refractivity contribution < 1.29 is 0 Å². The van der Waals surface area contributed by atoms with Crippen molar-refractivity contribution in [2.45, 2.75) is 18.8 Å². The second-order valence-electron chi connectivity index (χ2n) is 5.77. The van der Waals surface area contributed by atoms with Crippen molar-refractivity contribution in [2.24, 2.45) is 0 Å². The first-order chi connectivity index (χ1) is 10.3. The van der Waals surface area contributed by atoms with Gasteiger partial charge in [0.05, 0.1) is 5.69 Å². The number of benzene rings is 1. The Kier molecular flexibility index (Phi) is 4.15. The van der Waals surface area contributed by atoms with E-state index >= 15 is 0 Å². The fourth-order valence-corrected chi connectivity index (χ4v) is 2.84. The van der Waals surface area contributed by atoms with Crippen LogP contribution < -0.4 is 10.2 Å². The van der Waals surface area contributed by atoms with Gasteiger partial charge in [0, 0.05) is 38.3 Å². The van der Waals surface area contributed by atoms with Crippen LogP contribution in [0.2, 0.25) is 0 Å². The first-order valence-electron chi connectivity index (χ1n) is 7.56. The maximum absolute atomic E-state index is 4.85. The van der Waals surface area contributed by atoms with E-state index in [2.05, 4.69) is 34.6 Å². The van der Waals surface area contributed by atoms with Crippen LogP contribution in [-0.2, 0) is 0 Å². The fraction of sp³-hybridized carbons (Fsp3) is 0.412. The predicted octanol–water partition coefficient (Wildman–Crippen LogP) is 2.68. The molecule has 0 amide bonds. The number of piperidine rings is 1. The largest absolute Gasteiger partial charge is 0.347 e. The number of anilines is 1. The molecule has 0 aliphatic carbocycles. The van der Waals surface area contributed by atoms with E-state index in [1.54, 1.807) is 0 Å². The smallest absolute Gasteiger partial charge is 0.225 e. The lowest BCUT2D eigenvalue weighted by atomic mass is 9.91. The third kappa shape index (κ3) is 3.05. The van der Waals surface area contributed by atoms with Crippen molar-refractivity contribution in [2.75, 3.05) is 32.1 Å². The standard InChI is InChI=1S/C17H22N4/c1-21(2)17-19-12-15(13-7-4-3-5-8-13)16(20-17)14-9-6-10-18-11-14/h3-5,7-8,12,14,18H,6,9-11H2,1-2H3. The Labute approximate surface area is 126 Å². The zero-order chi connectivity index (χ0) is 14.7. The molecule has 1 saturated heterocycles. The highest BCUT2D eigenvalue weighted by molar-refractivity contribution is 5.66. The van der Waals surface area contributed by atoms with Crippen LogP contribution in [0.25, 0.3) is 11.1 Å². The Bertz CT molecular complexity index is 589. The summed E-state index contributed by atoms with van der Waals surface area (Å²) in [7, 11) is 3.97. The molecular weight excluding hydrogens is 260 g/mol. The highest BCUT2D eigenvalue weighted by Gasteiger charge is 2.21. The highest BCUT2D eigenvalue weighted by atomic mass is 15.2. The molecule has 1 atom stereocenters. The highest BCUT2D eigenvalue weighted by Crippen LogP contribution is 2.31. The molecule has 0 saturated carbocycles. The molecule has 2 heterocycles. The van der Waals surface area contributed by atoms with Crippen LogP contribution in [0, 0.1) is 0 Å². The monoisotopic (exact) mass is 282 g/mol. The van der Waals surface area contributed by atoms with E-state index in [1.807, 2.05) is 31.3 Å². The van der Waals surface area contributed by atoms with Gasteiger partial charge in [-0.15, -0.1) is 0 Å². The molecule has 1 aromatic heterocycles. The Morgan fingerprint density at radius 2 is 2.00 bits per heavy atom. The van der Waals surface area contributed by atoms with Gasteiger partial charge >= 0.3 is 0 Å². The molecular formula is C17H22N4. The van der Waals surface area contributed by atoms with Crippen LogP contribution in [0.4, 0.5) is 5.95 Å². The lowest BCUT2D eigenvalue weighted by molar-refractivity contribution is 0.455. The summed E-state index contributed by atoms with van der Waals surface area (Å²) in [6.07, 6.45) is 4.37. The van der Waals surface area contributed by atoms with E-state index in [1.165, 1.54) is 24.1 Å². The van der Waals surface area contributed by atoms with Gasteiger partial charge in [-0.05, 0) is 24.9 Å². The third-order valence-electron chi connectivity index (χ3n) is 3.97. The molecule has 1 aromatic carbocycles. The number of nitrogens with one attached hydrogen (secondary N) is 1. The Hall–Kier alpha value is -1.94. The topological polar surface area (TPSA) is 41.1 Å². The van der Waals surface area contributed by atoms with Gasteiger partial charge in [0.15, 0.2) is 0 Å². The molecule has 3 rings (SSSR count). The maximum atomic E-state index is 4.85. The summed E-state index contributed by atoms with van der Waals surface area (Å²) in [6.45, 7) is 2.12. The lowest BCUT2D eigenvalue weighted by Gasteiger charge is -2.25. The Morgan fingerprint density at radius 1 is 1.19 bits per heavy atom. The first kappa shape index (κ1) is 14.0. The second-order valence-corrected chi connectivity index (χ2v) is 5.77. The SMILES string of the molecule is CN(C)c1ncc(-c2ccccc2)c(C2CCCNC2)n1. The molecule has 110 valence electrons. The van der Waals surface area contributed by atoms with Gasteiger partial charge in [-0.3, -0.25) is 0 Å². The molecule has 1 unspecified atom stereocenters. The summed E-state index contributed by atoms with van der Waals surface area (Å²) in [5.41, 5.74) is 3.53. The average molecular weight is 282 g/mol. The summed E-state index contributed by atoms with van der Waals surface area (Å²) < 4.78 is 0. The summed E-state index contributed by atoms with van der Waals surface area (Å²) >= 11 is 0. The van der Waals surface area contributed by atoms with Gasteiger partial charge in [0.2, 0.25) is 5.95 Å². The van der Waals surface area contributed by atoms with Crippen molar-refractivity contribution in [1.82, 2.24) is 15.3 Å². The number of rotatable bonds is 3. The molecule has 1 aliphatic rings. The number of hydrogen-bond donors (Lipinski definition) is 1. The normalized spacial score (nSPS) is 18.5. The summed E-state index contributed by atoms with van der Waals surface area (Å²) in [6, 6.07) is 10.4. The molecule has 1 aliphatic heterocycles. The molecule has 0 radical (unpaired) electrons. The van der Waals surface area contributed by atoms with Crippen molar-refractivity contribution in [3.8, 4) is 11.1 Å². The van der Waals surface area contributed by atoms with Crippen LogP contribution in [0.15, 0.2) is 36.5 Å². The quantitative estimate of drug-likeness (QED) is 0.939. The lowest BCUT2D eigenvalue weighted by Crippen LogP contribution is -2.29. The zero-order valence-corrected chi connectivity index (χ0v) is 12.7. The molecule has 21 heavy (non-hydrogen) atoms. The number of nitrogens with zero attached hydrogens (tertiary/aromatic N) is 3. The minimum atomic E-state index is 0.468. The maximum Gasteiger partial charge on any atom is 0.225 e. The van der Waals surface area contributed by atoms with Gasteiger partial charge in [-0.2, -0.15) is 0 Å². The molecule has 1 N–H and O–H groups in total. The summed E-state index contributed by atoms with van der Waals surface area (Å²) in [4.78, 5) is 11.3. The molecule has 4 heteroatoms. The Balaban J connectivity index is 2.05. The van der Waals surface area contributed by atoms with Crippen molar-refractivity contribution in [3.63, 3.8) is 0 Å². The van der Waals surface area contributed by atoms with Gasteiger partial charge < -0.3 is 10.2 Å². The van der Waals surface area contributed by atoms with Crippen LogP contribution in [0.1, 0.15) is 24.5 Å². The molecule has 2 aromatic rings.